The predicted molar refractivity (Wildman–Crippen MR) is 86.7 cm³/mol. The predicted octanol–water partition coefficient (Wildman–Crippen LogP) is 3.03. The van der Waals surface area contributed by atoms with Crippen LogP contribution in [-0.4, -0.2) is 21.5 Å². The number of hydrogen-bond acceptors (Lipinski definition) is 3. The molecule has 0 unspecified atom stereocenters. The molecule has 0 saturated heterocycles. The molecule has 0 saturated carbocycles. The summed E-state index contributed by atoms with van der Waals surface area (Å²) in [5.74, 6) is -0.584. The second-order valence-electron chi connectivity index (χ2n) is 4.44. The summed E-state index contributed by atoms with van der Waals surface area (Å²) in [7, 11) is -2.22. The van der Waals surface area contributed by atoms with Crippen molar-refractivity contribution in [2.75, 3.05) is 17.7 Å². The Morgan fingerprint density at radius 1 is 1.04 bits per heavy atom. The van der Waals surface area contributed by atoms with Crippen LogP contribution in [0, 0.1) is 5.82 Å². The Hall–Kier alpha value is -2.16. The molecule has 0 bridgehead atoms. The maximum absolute atomic E-state index is 13.0. The van der Waals surface area contributed by atoms with Crippen molar-refractivity contribution in [3.8, 4) is 0 Å². The number of halogens is 2. The van der Waals surface area contributed by atoms with E-state index in [0.717, 1.165) is 6.07 Å². The lowest BCUT2D eigenvalue weighted by Gasteiger charge is -2.09. The van der Waals surface area contributed by atoms with E-state index in [1.165, 1.54) is 43.4 Å². The number of anilines is 2. The van der Waals surface area contributed by atoms with E-state index in [9.17, 15) is 17.6 Å². The van der Waals surface area contributed by atoms with Gasteiger partial charge in [-0.15, -0.1) is 0 Å². The van der Waals surface area contributed by atoms with Gasteiger partial charge in [-0.25, -0.2) is 22.3 Å². The van der Waals surface area contributed by atoms with Gasteiger partial charge in [0.1, 0.15) is 5.82 Å². The van der Waals surface area contributed by atoms with Gasteiger partial charge >= 0.3 is 6.03 Å². The summed E-state index contributed by atoms with van der Waals surface area (Å²) in [6.07, 6.45) is 0. The molecule has 2 amide bonds. The van der Waals surface area contributed by atoms with Crippen molar-refractivity contribution in [1.29, 1.82) is 0 Å². The maximum atomic E-state index is 13.0. The molecule has 0 aliphatic rings. The van der Waals surface area contributed by atoms with Gasteiger partial charge in [0.15, 0.2) is 0 Å². The third-order valence-electron chi connectivity index (χ3n) is 2.87. The molecule has 3 N–H and O–H groups in total. The molecule has 0 heterocycles. The number of rotatable bonds is 4. The van der Waals surface area contributed by atoms with Crippen LogP contribution in [0.15, 0.2) is 47.4 Å². The summed E-state index contributed by atoms with van der Waals surface area (Å²) in [4.78, 5) is 11.9. The molecule has 6 nitrogen and oxygen atoms in total. The van der Waals surface area contributed by atoms with Crippen LogP contribution in [0.25, 0.3) is 0 Å². The third kappa shape index (κ3) is 4.41. The molecule has 2 aromatic carbocycles. The fourth-order valence-corrected chi connectivity index (χ4v) is 2.61. The molecular formula is C14H13ClFN3O3S. The number of sulfonamides is 1. The smallest absolute Gasteiger partial charge is 0.308 e. The van der Waals surface area contributed by atoms with Crippen LogP contribution < -0.4 is 15.4 Å². The summed E-state index contributed by atoms with van der Waals surface area (Å²) < 4.78 is 38.4. The zero-order valence-corrected chi connectivity index (χ0v) is 13.5. The van der Waals surface area contributed by atoms with Crippen LogP contribution in [0.3, 0.4) is 0 Å². The Kier molecular flexibility index (Phi) is 5.19. The van der Waals surface area contributed by atoms with Crippen molar-refractivity contribution in [3.05, 3.63) is 53.3 Å². The van der Waals surface area contributed by atoms with Gasteiger partial charge in [-0.1, -0.05) is 11.6 Å². The van der Waals surface area contributed by atoms with Gasteiger partial charge in [0, 0.05) is 11.4 Å². The number of amides is 2. The number of carbonyl (C=O) groups is 1. The molecular weight excluding hydrogens is 345 g/mol. The Labute approximate surface area is 137 Å². The topological polar surface area (TPSA) is 87.3 Å². The summed E-state index contributed by atoms with van der Waals surface area (Å²) in [6, 6.07) is 8.81. The Balaban J connectivity index is 2.04. The summed E-state index contributed by atoms with van der Waals surface area (Å²) in [5, 5.41) is 4.89. The van der Waals surface area contributed by atoms with Gasteiger partial charge < -0.3 is 10.6 Å². The fraction of sp³-hybridized carbons (Fsp3) is 0.0714. The molecule has 0 radical (unpaired) electrons. The maximum Gasteiger partial charge on any atom is 0.323 e. The van der Waals surface area contributed by atoms with Crippen LogP contribution in [0.2, 0.25) is 5.02 Å². The standard InChI is InChI=1S/C14H13ClFN3O3S/c1-17-23(21,22)11-5-2-9(3-6-11)18-14(20)19-10-4-7-13(16)12(15)8-10/h2-8,17H,1H3,(H2,18,19,20). The average molecular weight is 358 g/mol. The minimum absolute atomic E-state index is 0.0799. The monoisotopic (exact) mass is 357 g/mol. The zero-order chi connectivity index (χ0) is 17.0. The SMILES string of the molecule is CNS(=O)(=O)c1ccc(NC(=O)Nc2ccc(F)c(Cl)c2)cc1. The van der Waals surface area contributed by atoms with Crippen molar-refractivity contribution < 1.29 is 17.6 Å². The van der Waals surface area contributed by atoms with E-state index in [-0.39, 0.29) is 9.92 Å². The summed E-state index contributed by atoms with van der Waals surface area (Å²) in [5.41, 5.74) is 0.717. The first kappa shape index (κ1) is 17.2. The highest BCUT2D eigenvalue weighted by Crippen LogP contribution is 2.20. The van der Waals surface area contributed by atoms with Crippen LogP contribution in [0.5, 0.6) is 0 Å². The molecule has 0 spiro atoms. The number of carbonyl (C=O) groups excluding carboxylic acids is 1. The Morgan fingerprint density at radius 2 is 1.61 bits per heavy atom. The summed E-state index contributed by atoms with van der Waals surface area (Å²) >= 11 is 5.62. The molecule has 0 aliphatic carbocycles. The van der Waals surface area contributed by atoms with E-state index in [4.69, 9.17) is 11.6 Å². The Bertz CT molecular complexity index is 826. The van der Waals surface area contributed by atoms with Crippen LogP contribution in [-0.2, 0) is 10.0 Å². The lowest BCUT2D eigenvalue weighted by Crippen LogP contribution is -2.20. The lowest BCUT2D eigenvalue weighted by atomic mass is 10.3. The highest BCUT2D eigenvalue weighted by Gasteiger charge is 2.11. The fourth-order valence-electron chi connectivity index (χ4n) is 1.70. The lowest BCUT2D eigenvalue weighted by molar-refractivity contribution is 0.262. The van der Waals surface area contributed by atoms with E-state index >= 15 is 0 Å². The zero-order valence-electron chi connectivity index (χ0n) is 11.9. The van der Waals surface area contributed by atoms with Gasteiger partial charge in [0.25, 0.3) is 0 Å². The van der Waals surface area contributed by atoms with E-state index in [2.05, 4.69) is 15.4 Å². The molecule has 0 atom stereocenters. The third-order valence-corrected chi connectivity index (χ3v) is 4.59. The quantitative estimate of drug-likeness (QED) is 0.786. The van der Waals surface area contributed by atoms with E-state index in [1.807, 2.05) is 0 Å². The van der Waals surface area contributed by atoms with Gasteiger partial charge in [-0.2, -0.15) is 0 Å². The van der Waals surface area contributed by atoms with E-state index in [1.54, 1.807) is 0 Å². The Morgan fingerprint density at radius 3 is 2.17 bits per heavy atom. The number of hydrogen-bond donors (Lipinski definition) is 3. The van der Waals surface area contributed by atoms with Crippen molar-refractivity contribution in [2.45, 2.75) is 4.90 Å². The second kappa shape index (κ2) is 6.95. The van der Waals surface area contributed by atoms with Gasteiger partial charge in [-0.05, 0) is 49.5 Å². The van der Waals surface area contributed by atoms with Crippen LogP contribution >= 0.6 is 11.6 Å². The first-order valence-electron chi connectivity index (χ1n) is 6.38. The van der Waals surface area contributed by atoms with Crippen LogP contribution in [0.1, 0.15) is 0 Å². The first-order chi connectivity index (χ1) is 10.8. The van der Waals surface area contributed by atoms with Crippen molar-refractivity contribution in [1.82, 2.24) is 4.72 Å². The molecule has 2 rings (SSSR count). The number of urea groups is 1. The number of benzene rings is 2. The molecule has 0 aromatic heterocycles. The van der Waals surface area contributed by atoms with Gasteiger partial charge in [-0.3, -0.25) is 0 Å². The van der Waals surface area contributed by atoms with Gasteiger partial charge in [0.2, 0.25) is 10.0 Å². The highest BCUT2D eigenvalue weighted by atomic mass is 35.5. The second-order valence-corrected chi connectivity index (χ2v) is 6.73. The van der Waals surface area contributed by atoms with Crippen molar-refractivity contribution >= 4 is 39.0 Å². The molecule has 0 fully saturated rings. The first-order valence-corrected chi connectivity index (χ1v) is 8.24. The number of nitrogens with one attached hydrogen (secondary N) is 3. The largest absolute Gasteiger partial charge is 0.323 e. The van der Waals surface area contributed by atoms with Crippen molar-refractivity contribution in [3.63, 3.8) is 0 Å². The molecule has 0 aliphatic heterocycles. The molecule has 2 aromatic rings. The normalized spacial score (nSPS) is 11.1. The van der Waals surface area contributed by atoms with Crippen LogP contribution in [0.4, 0.5) is 20.6 Å². The molecule has 9 heteroatoms. The molecule has 23 heavy (non-hydrogen) atoms. The summed E-state index contributed by atoms with van der Waals surface area (Å²) in [6.45, 7) is 0. The highest BCUT2D eigenvalue weighted by molar-refractivity contribution is 7.89. The van der Waals surface area contributed by atoms with E-state index < -0.39 is 21.9 Å². The van der Waals surface area contributed by atoms with E-state index in [0.29, 0.717) is 11.4 Å². The molecule has 122 valence electrons. The van der Waals surface area contributed by atoms with Crippen molar-refractivity contribution in [2.24, 2.45) is 0 Å². The van der Waals surface area contributed by atoms with Gasteiger partial charge in [0.05, 0.1) is 9.92 Å². The average Bonchev–Trinajstić information content (AvgIpc) is 2.51. The minimum Gasteiger partial charge on any atom is -0.308 e. The minimum atomic E-state index is -3.53.